The van der Waals surface area contributed by atoms with Crippen LogP contribution < -0.4 is 0 Å². The van der Waals surface area contributed by atoms with Crippen LogP contribution in [0.5, 0.6) is 0 Å². The number of halogens is 1. The Morgan fingerprint density at radius 1 is 1.19 bits per heavy atom. The topological polar surface area (TPSA) is 49.0 Å². The van der Waals surface area contributed by atoms with Crippen LogP contribution in [0.4, 0.5) is 4.39 Å². The highest BCUT2D eigenvalue weighted by Crippen LogP contribution is 2.30. The molecule has 5 heteroatoms. The van der Waals surface area contributed by atoms with Gasteiger partial charge in [-0.05, 0) is 49.1 Å². The van der Waals surface area contributed by atoms with E-state index in [2.05, 4.69) is 4.98 Å². The van der Waals surface area contributed by atoms with Gasteiger partial charge in [0.25, 0.3) is 0 Å². The largest absolute Gasteiger partial charge is 0.342 e. The number of aromatic nitrogens is 2. The van der Waals surface area contributed by atoms with Crippen LogP contribution in [0.15, 0.2) is 48.5 Å². The number of piperidine rings is 1. The third kappa shape index (κ3) is 3.59. The summed E-state index contributed by atoms with van der Waals surface area (Å²) in [7, 11) is 0. The van der Waals surface area contributed by atoms with Gasteiger partial charge in [0.2, 0.25) is 5.91 Å². The van der Waals surface area contributed by atoms with Crippen molar-refractivity contribution in [2.75, 3.05) is 13.1 Å². The highest BCUT2D eigenvalue weighted by atomic mass is 19.1. The fourth-order valence-electron chi connectivity index (χ4n) is 4.01. The first-order valence-electron chi connectivity index (χ1n) is 9.64. The molecule has 0 bridgehead atoms. The van der Waals surface area contributed by atoms with Crippen molar-refractivity contribution in [1.82, 2.24) is 14.9 Å². The van der Waals surface area contributed by atoms with Crippen LogP contribution in [0.2, 0.25) is 0 Å². The number of fused-ring (bicyclic) bond motifs is 1. The van der Waals surface area contributed by atoms with E-state index in [1.54, 1.807) is 12.1 Å². The fourth-order valence-corrected chi connectivity index (χ4v) is 4.01. The highest BCUT2D eigenvalue weighted by Gasteiger charge is 2.29. The number of rotatable bonds is 4. The first kappa shape index (κ1) is 17.7. The van der Waals surface area contributed by atoms with E-state index < -0.39 is 0 Å². The molecule has 1 aliphatic heterocycles. The summed E-state index contributed by atoms with van der Waals surface area (Å²) in [5, 5.41) is 0. The Bertz CT molecular complexity index is 893. The molecule has 4 rings (SSSR count). The van der Waals surface area contributed by atoms with E-state index in [1.807, 2.05) is 36.1 Å². The molecular weight excluding hydrogens is 341 g/mol. The number of nitrogens with zero attached hydrogens (tertiary/aromatic N) is 2. The number of carbonyl (C=O) groups excluding carboxylic acids is 1. The maximum atomic E-state index is 13.2. The van der Waals surface area contributed by atoms with E-state index in [0.29, 0.717) is 12.3 Å². The number of para-hydroxylation sites is 2. The Morgan fingerprint density at radius 2 is 1.89 bits per heavy atom. The molecule has 1 aliphatic rings. The average molecular weight is 365 g/mol. The molecule has 3 aromatic rings. The second-order valence-electron chi connectivity index (χ2n) is 7.25. The number of H-pyrrole nitrogens is 1. The van der Waals surface area contributed by atoms with Gasteiger partial charge < -0.3 is 9.88 Å². The normalized spacial score (nSPS) is 16.6. The van der Waals surface area contributed by atoms with Crippen molar-refractivity contribution in [3.05, 3.63) is 65.7 Å². The summed E-state index contributed by atoms with van der Waals surface area (Å²) in [5.74, 6) is 1.05. The van der Waals surface area contributed by atoms with Gasteiger partial charge in [-0.3, -0.25) is 4.79 Å². The van der Waals surface area contributed by atoms with E-state index in [0.717, 1.165) is 48.4 Å². The maximum Gasteiger partial charge on any atom is 0.230 e. The van der Waals surface area contributed by atoms with Crippen LogP contribution in [0, 0.1) is 5.82 Å². The molecule has 2 heterocycles. The van der Waals surface area contributed by atoms with Crippen LogP contribution >= 0.6 is 0 Å². The molecular formula is C22H24FN3O. The molecule has 0 aliphatic carbocycles. The van der Waals surface area contributed by atoms with Crippen LogP contribution in [0.3, 0.4) is 0 Å². The molecule has 1 atom stereocenters. The van der Waals surface area contributed by atoms with Crippen molar-refractivity contribution >= 4 is 16.9 Å². The van der Waals surface area contributed by atoms with Gasteiger partial charge in [-0.2, -0.15) is 0 Å². The lowest BCUT2D eigenvalue weighted by Crippen LogP contribution is -2.40. The van der Waals surface area contributed by atoms with Gasteiger partial charge in [-0.1, -0.05) is 31.2 Å². The molecule has 1 unspecified atom stereocenters. The third-order valence-corrected chi connectivity index (χ3v) is 5.58. The number of nitrogens with one attached hydrogen (secondary N) is 1. The molecule has 1 N–H and O–H groups in total. The van der Waals surface area contributed by atoms with Crippen molar-refractivity contribution in [3.63, 3.8) is 0 Å². The highest BCUT2D eigenvalue weighted by molar-refractivity contribution is 5.83. The molecule has 2 aromatic carbocycles. The average Bonchev–Trinajstić information content (AvgIpc) is 3.14. The summed E-state index contributed by atoms with van der Waals surface area (Å²) >= 11 is 0. The van der Waals surface area contributed by atoms with Crippen LogP contribution in [-0.4, -0.2) is 33.9 Å². The minimum atomic E-state index is -0.271. The standard InChI is InChI=1S/C22H24FN3O/c1-2-18(15-7-9-17(23)10-8-15)22(27)26-13-11-16(12-14-26)21-24-19-5-3-4-6-20(19)25-21/h3-10,16,18H,2,11-14H2,1H3,(H,24,25). The number of imidazole rings is 1. The summed E-state index contributed by atoms with van der Waals surface area (Å²) in [6, 6.07) is 14.4. The van der Waals surface area contributed by atoms with Crippen molar-refractivity contribution in [2.24, 2.45) is 0 Å². The molecule has 0 spiro atoms. The molecule has 0 radical (unpaired) electrons. The van der Waals surface area contributed by atoms with Gasteiger partial charge in [-0.15, -0.1) is 0 Å². The molecule has 1 saturated heterocycles. The van der Waals surface area contributed by atoms with Gasteiger partial charge in [0.05, 0.1) is 17.0 Å². The molecule has 1 amide bonds. The van der Waals surface area contributed by atoms with E-state index in [1.165, 1.54) is 12.1 Å². The van der Waals surface area contributed by atoms with Crippen molar-refractivity contribution < 1.29 is 9.18 Å². The number of amides is 1. The van der Waals surface area contributed by atoms with Gasteiger partial charge in [-0.25, -0.2) is 9.37 Å². The van der Waals surface area contributed by atoms with Gasteiger partial charge in [0, 0.05) is 19.0 Å². The minimum absolute atomic E-state index is 0.146. The van der Waals surface area contributed by atoms with Gasteiger partial charge in [0.15, 0.2) is 0 Å². The molecule has 1 fully saturated rings. The zero-order valence-electron chi connectivity index (χ0n) is 15.5. The van der Waals surface area contributed by atoms with Crippen LogP contribution in [0.25, 0.3) is 11.0 Å². The predicted molar refractivity (Wildman–Crippen MR) is 104 cm³/mol. The van der Waals surface area contributed by atoms with E-state index in [9.17, 15) is 9.18 Å². The summed E-state index contributed by atoms with van der Waals surface area (Å²) in [6.45, 7) is 3.48. The van der Waals surface area contributed by atoms with Gasteiger partial charge in [0.1, 0.15) is 11.6 Å². The molecule has 4 nitrogen and oxygen atoms in total. The van der Waals surface area contributed by atoms with E-state index in [4.69, 9.17) is 4.98 Å². The third-order valence-electron chi connectivity index (χ3n) is 5.58. The number of hydrogen-bond donors (Lipinski definition) is 1. The number of benzene rings is 2. The Morgan fingerprint density at radius 3 is 2.56 bits per heavy atom. The lowest BCUT2D eigenvalue weighted by Gasteiger charge is -2.33. The molecule has 27 heavy (non-hydrogen) atoms. The summed E-state index contributed by atoms with van der Waals surface area (Å²) in [6.07, 6.45) is 2.53. The van der Waals surface area contributed by atoms with Crippen LogP contribution in [-0.2, 0) is 4.79 Å². The number of likely N-dealkylation sites (tertiary alicyclic amines) is 1. The van der Waals surface area contributed by atoms with Crippen LogP contribution in [0.1, 0.15) is 49.4 Å². The lowest BCUT2D eigenvalue weighted by molar-refractivity contribution is -0.134. The summed E-state index contributed by atoms with van der Waals surface area (Å²) < 4.78 is 13.2. The number of hydrogen-bond acceptors (Lipinski definition) is 2. The zero-order chi connectivity index (χ0) is 18.8. The smallest absolute Gasteiger partial charge is 0.230 e. The SMILES string of the molecule is CCC(C(=O)N1CCC(c2nc3ccccc3[nH]2)CC1)c1ccc(F)cc1. The zero-order valence-corrected chi connectivity index (χ0v) is 15.5. The quantitative estimate of drug-likeness (QED) is 0.734. The Kier molecular flexibility index (Phi) is 4.92. The van der Waals surface area contributed by atoms with Crippen molar-refractivity contribution in [2.45, 2.75) is 38.0 Å². The summed E-state index contributed by atoms with van der Waals surface area (Å²) in [4.78, 5) is 23.1. The molecule has 140 valence electrons. The first-order valence-corrected chi connectivity index (χ1v) is 9.64. The molecule has 0 saturated carbocycles. The Balaban J connectivity index is 1.43. The Labute approximate surface area is 158 Å². The number of carbonyl (C=O) groups is 1. The van der Waals surface area contributed by atoms with E-state index >= 15 is 0 Å². The fraction of sp³-hybridized carbons (Fsp3) is 0.364. The second kappa shape index (κ2) is 7.51. The predicted octanol–water partition coefficient (Wildman–Crippen LogP) is 4.60. The molecule has 1 aromatic heterocycles. The minimum Gasteiger partial charge on any atom is -0.342 e. The number of aromatic amines is 1. The van der Waals surface area contributed by atoms with Crippen molar-refractivity contribution in [3.8, 4) is 0 Å². The Hall–Kier alpha value is -2.69. The van der Waals surface area contributed by atoms with Gasteiger partial charge >= 0.3 is 0 Å². The van der Waals surface area contributed by atoms with E-state index in [-0.39, 0.29) is 17.6 Å². The lowest BCUT2D eigenvalue weighted by atomic mass is 9.91. The summed E-state index contributed by atoms with van der Waals surface area (Å²) in [5.41, 5.74) is 2.95. The van der Waals surface area contributed by atoms with Crippen molar-refractivity contribution in [1.29, 1.82) is 0 Å². The monoisotopic (exact) mass is 365 g/mol. The maximum absolute atomic E-state index is 13.2. The first-order chi connectivity index (χ1) is 13.2. The second-order valence-corrected chi connectivity index (χ2v) is 7.25.